The van der Waals surface area contributed by atoms with Gasteiger partial charge in [-0.3, -0.25) is 0 Å². The molecule has 1 aromatic heterocycles. The molecule has 0 saturated carbocycles. The van der Waals surface area contributed by atoms with Crippen LogP contribution >= 0.6 is 11.3 Å². The highest BCUT2D eigenvalue weighted by Gasteiger charge is 1.98. The Morgan fingerprint density at radius 3 is 3.00 bits per heavy atom. The van der Waals surface area contributed by atoms with Gasteiger partial charge in [0.15, 0.2) is 0 Å². The van der Waals surface area contributed by atoms with Crippen molar-refractivity contribution < 1.29 is 5.21 Å². The molecule has 0 aliphatic rings. The minimum Gasteiger partial charge on any atom is -0.411 e. The van der Waals surface area contributed by atoms with Gasteiger partial charge in [-0.05, 0) is 12.1 Å². The lowest BCUT2D eigenvalue weighted by Gasteiger charge is -1.80. The van der Waals surface area contributed by atoms with Gasteiger partial charge in [0.05, 0.1) is 10.2 Å². The Hall–Kier alpha value is -1.42. The Morgan fingerprint density at radius 2 is 2.25 bits per heavy atom. The molecule has 0 spiro atoms. The predicted octanol–water partition coefficient (Wildman–Crippen LogP) is 2.10. The number of hydrogen-bond donors (Lipinski definition) is 1. The van der Waals surface area contributed by atoms with Crippen LogP contribution in [-0.2, 0) is 0 Å². The van der Waals surface area contributed by atoms with Gasteiger partial charge in [0, 0.05) is 0 Å². The van der Waals surface area contributed by atoms with Gasteiger partial charge in [0.25, 0.3) is 0 Å². The van der Waals surface area contributed by atoms with E-state index >= 15 is 0 Å². The van der Waals surface area contributed by atoms with Crippen LogP contribution in [0.1, 0.15) is 5.01 Å². The maximum atomic E-state index is 8.28. The molecule has 0 fully saturated rings. The molecular formula is C8H6N2OS. The summed E-state index contributed by atoms with van der Waals surface area (Å²) in [5, 5.41) is 11.9. The van der Waals surface area contributed by atoms with Crippen LogP contribution < -0.4 is 0 Å². The molecule has 0 aliphatic carbocycles. The van der Waals surface area contributed by atoms with Crippen LogP contribution in [0.3, 0.4) is 0 Å². The fraction of sp³-hybridized carbons (Fsp3) is 0. The highest BCUT2D eigenvalue weighted by atomic mass is 32.1. The minimum atomic E-state index is 0.721. The summed E-state index contributed by atoms with van der Waals surface area (Å²) < 4.78 is 1.10. The quantitative estimate of drug-likeness (QED) is 0.413. The zero-order chi connectivity index (χ0) is 8.39. The maximum absolute atomic E-state index is 8.28. The third kappa shape index (κ3) is 1.16. The summed E-state index contributed by atoms with van der Waals surface area (Å²) in [7, 11) is 0. The lowest BCUT2D eigenvalue weighted by Crippen LogP contribution is -1.75. The molecule has 2 rings (SSSR count). The van der Waals surface area contributed by atoms with Crippen molar-refractivity contribution in [1.29, 1.82) is 0 Å². The molecule has 4 heteroatoms. The number of para-hydroxylation sites is 1. The average molecular weight is 178 g/mol. The molecule has 0 saturated heterocycles. The zero-order valence-electron chi connectivity index (χ0n) is 6.14. The molecule has 0 bridgehead atoms. The van der Waals surface area contributed by atoms with E-state index in [1.807, 2.05) is 24.3 Å². The molecule has 0 aliphatic heterocycles. The highest BCUT2D eigenvalue weighted by Crippen LogP contribution is 2.19. The molecule has 0 radical (unpaired) electrons. The van der Waals surface area contributed by atoms with Crippen LogP contribution in [0.5, 0.6) is 0 Å². The summed E-state index contributed by atoms with van der Waals surface area (Å²) >= 11 is 1.50. The van der Waals surface area contributed by atoms with Gasteiger partial charge in [0.2, 0.25) is 0 Å². The molecular weight excluding hydrogens is 172 g/mol. The number of thiazole rings is 1. The van der Waals surface area contributed by atoms with E-state index < -0.39 is 0 Å². The van der Waals surface area contributed by atoms with Crippen molar-refractivity contribution in [2.45, 2.75) is 0 Å². The second kappa shape index (κ2) is 2.91. The second-order valence-corrected chi connectivity index (χ2v) is 3.33. The molecule has 1 N–H and O–H groups in total. The SMILES string of the molecule is O/N=C/c1nc2ccccc2s1. The fourth-order valence-corrected chi connectivity index (χ4v) is 1.83. The fourth-order valence-electron chi connectivity index (χ4n) is 0.995. The van der Waals surface area contributed by atoms with Crippen LogP contribution in [0.4, 0.5) is 0 Å². The number of benzene rings is 1. The first-order valence-electron chi connectivity index (χ1n) is 3.43. The first-order valence-corrected chi connectivity index (χ1v) is 4.25. The monoisotopic (exact) mass is 178 g/mol. The molecule has 1 aromatic carbocycles. The summed E-state index contributed by atoms with van der Waals surface area (Å²) in [6.45, 7) is 0. The Kier molecular flexibility index (Phi) is 1.75. The summed E-state index contributed by atoms with van der Waals surface area (Å²) in [5.41, 5.74) is 0.942. The van der Waals surface area contributed by atoms with Gasteiger partial charge >= 0.3 is 0 Å². The zero-order valence-corrected chi connectivity index (χ0v) is 6.95. The maximum Gasteiger partial charge on any atom is 0.139 e. The van der Waals surface area contributed by atoms with Crippen molar-refractivity contribution in [3.05, 3.63) is 29.3 Å². The standard InChI is InChI=1S/C8H6N2OS/c11-9-5-8-10-6-3-1-2-4-7(6)12-8/h1-5,11H/b9-5+. The van der Waals surface area contributed by atoms with Crippen LogP contribution in [0.15, 0.2) is 29.4 Å². The highest BCUT2D eigenvalue weighted by molar-refractivity contribution is 7.20. The third-order valence-corrected chi connectivity index (χ3v) is 2.45. The minimum absolute atomic E-state index is 0.721. The van der Waals surface area contributed by atoms with Crippen LogP contribution in [0, 0.1) is 0 Å². The van der Waals surface area contributed by atoms with Gasteiger partial charge in [-0.1, -0.05) is 17.3 Å². The van der Waals surface area contributed by atoms with Gasteiger partial charge in [-0.15, -0.1) is 11.3 Å². The first kappa shape index (κ1) is 7.24. The molecule has 0 atom stereocenters. The van der Waals surface area contributed by atoms with Crippen LogP contribution in [-0.4, -0.2) is 16.4 Å². The van der Waals surface area contributed by atoms with E-state index in [1.54, 1.807) is 0 Å². The van der Waals surface area contributed by atoms with Crippen LogP contribution in [0.25, 0.3) is 10.2 Å². The largest absolute Gasteiger partial charge is 0.411 e. The van der Waals surface area contributed by atoms with E-state index in [-0.39, 0.29) is 0 Å². The molecule has 60 valence electrons. The van der Waals surface area contributed by atoms with E-state index in [0.29, 0.717) is 0 Å². The number of nitrogens with zero attached hydrogens (tertiary/aromatic N) is 2. The molecule has 0 unspecified atom stereocenters. The van der Waals surface area contributed by atoms with E-state index in [0.717, 1.165) is 15.2 Å². The Labute approximate surface area is 73.0 Å². The van der Waals surface area contributed by atoms with E-state index in [2.05, 4.69) is 10.1 Å². The second-order valence-electron chi connectivity index (χ2n) is 2.26. The average Bonchev–Trinajstić information content (AvgIpc) is 2.47. The third-order valence-electron chi connectivity index (χ3n) is 1.48. The number of hydrogen-bond acceptors (Lipinski definition) is 4. The van der Waals surface area contributed by atoms with Crippen molar-refractivity contribution in [3.8, 4) is 0 Å². The number of fused-ring (bicyclic) bond motifs is 1. The number of rotatable bonds is 1. The van der Waals surface area contributed by atoms with Gasteiger partial charge in [0.1, 0.15) is 11.2 Å². The van der Waals surface area contributed by atoms with Gasteiger partial charge < -0.3 is 5.21 Å². The summed E-state index contributed by atoms with van der Waals surface area (Å²) in [6.07, 6.45) is 1.34. The molecule has 3 nitrogen and oxygen atoms in total. The van der Waals surface area contributed by atoms with Crippen molar-refractivity contribution in [1.82, 2.24) is 4.98 Å². The molecule has 2 aromatic rings. The lowest BCUT2D eigenvalue weighted by molar-refractivity contribution is 0.322. The molecule has 1 heterocycles. The Morgan fingerprint density at radius 1 is 1.42 bits per heavy atom. The van der Waals surface area contributed by atoms with Crippen molar-refractivity contribution in [2.24, 2.45) is 5.16 Å². The predicted molar refractivity (Wildman–Crippen MR) is 49.0 cm³/mol. The molecule has 0 amide bonds. The number of aromatic nitrogens is 1. The molecule has 12 heavy (non-hydrogen) atoms. The van der Waals surface area contributed by atoms with Crippen molar-refractivity contribution in [2.75, 3.05) is 0 Å². The summed E-state index contributed by atoms with van der Waals surface area (Å²) in [6, 6.07) is 7.81. The van der Waals surface area contributed by atoms with E-state index in [1.165, 1.54) is 17.6 Å². The summed E-state index contributed by atoms with van der Waals surface area (Å²) in [5.74, 6) is 0. The van der Waals surface area contributed by atoms with Crippen molar-refractivity contribution >= 4 is 27.8 Å². The van der Waals surface area contributed by atoms with Gasteiger partial charge in [-0.2, -0.15) is 0 Å². The number of oxime groups is 1. The topological polar surface area (TPSA) is 45.5 Å². The Bertz CT molecular complexity index is 389. The summed E-state index contributed by atoms with van der Waals surface area (Å²) in [4.78, 5) is 4.21. The first-order chi connectivity index (χ1) is 5.90. The van der Waals surface area contributed by atoms with Crippen LogP contribution in [0.2, 0.25) is 0 Å². The smallest absolute Gasteiger partial charge is 0.139 e. The van der Waals surface area contributed by atoms with E-state index in [4.69, 9.17) is 5.21 Å². The van der Waals surface area contributed by atoms with Gasteiger partial charge in [-0.25, -0.2) is 4.98 Å². The van der Waals surface area contributed by atoms with Crippen molar-refractivity contribution in [3.63, 3.8) is 0 Å². The lowest BCUT2D eigenvalue weighted by atomic mass is 10.3. The Balaban J connectivity index is 2.62. The van der Waals surface area contributed by atoms with E-state index in [9.17, 15) is 0 Å². The normalized spacial score (nSPS) is 11.3.